The summed E-state index contributed by atoms with van der Waals surface area (Å²) in [7, 11) is 1.61. The van der Waals surface area contributed by atoms with Crippen molar-refractivity contribution in [1.29, 1.82) is 0 Å². The van der Waals surface area contributed by atoms with Gasteiger partial charge in [0.25, 0.3) is 11.9 Å². The van der Waals surface area contributed by atoms with Crippen LogP contribution in [0.3, 0.4) is 0 Å². The third-order valence-electron chi connectivity index (χ3n) is 6.79. The predicted molar refractivity (Wildman–Crippen MR) is 129 cm³/mol. The minimum absolute atomic E-state index is 0.00893. The first-order valence-corrected chi connectivity index (χ1v) is 12.6. The number of ether oxygens (including phenoxy) is 2. The lowest BCUT2D eigenvalue weighted by atomic mass is 9.94. The molecule has 4 heterocycles. The Morgan fingerprint density at radius 1 is 1.26 bits per heavy atom. The molecule has 34 heavy (non-hydrogen) atoms. The number of morpholine rings is 1. The van der Waals surface area contributed by atoms with Crippen LogP contribution in [0.1, 0.15) is 41.7 Å². The first-order valence-electron chi connectivity index (χ1n) is 11.7. The van der Waals surface area contributed by atoms with Gasteiger partial charge in [-0.15, -0.1) is 11.3 Å². The summed E-state index contributed by atoms with van der Waals surface area (Å²) in [6.45, 7) is 4.19. The molecule has 5 rings (SSSR count). The van der Waals surface area contributed by atoms with Crippen LogP contribution in [0.5, 0.6) is 0 Å². The molecule has 1 saturated heterocycles. The average molecular weight is 483 g/mol. The number of amides is 1. The number of methoxy groups -OCH3 is 1. The number of nitrogens with one attached hydrogen (secondary N) is 1. The van der Waals surface area contributed by atoms with Gasteiger partial charge in [0.15, 0.2) is 0 Å². The molecule has 0 spiro atoms. The highest BCUT2D eigenvalue weighted by Crippen LogP contribution is 2.35. The molecule has 2 aliphatic rings. The van der Waals surface area contributed by atoms with Gasteiger partial charge in [0, 0.05) is 38.5 Å². The molecule has 0 unspecified atom stereocenters. The summed E-state index contributed by atoms with van der Waals surface area (Å²) < 4.78 is 12.6. The van der Waals surface area contributed by atoms with E-state index in [2.05, 4.69) is 25.3 Å². The number of hydrogen-bond acceptors (Lipinski definition) is 8. The quantitative estimate of drug-likeness (QED) is 0.528. The van der Waals surface area contributed by atoms with E-state index < -0.39 is 0 Å². The summed E-state index contributed by atoms with van der Waals surface area (Å²) in [5, 5.41) is 9.68. The Hall–Kier alpha value is -2.66. The Kier molecular flexibility index (Phi) is 7.00. The SMILES string of the molecule is COCc1c(C(=O)NCC2(N3CCOCC3)CCCC2)cnn1-c1nccc(-c2cccs2)n1. The van der Waals surface area contributed by atoms with E-state index in [1.165, 1.54) is 12.8 Å². The molecular formula is C24H30N6O3S. The van der Waals surface area contributed by atoms with Gasteiger partial charge in [0.05, 0.1) is 47.8 Å². The number of aromatic nitrogens is 4. The number of hydrogen-bond donors (Lipinski definition) is 1. The zero-order valence-electron chi connectivity index (χ0n) is 19.4. The van der Waals surface area contributed by atoms with Crippen LogP contribution in [-0.2, 0) is 16.1 Å². The number of carbonyl (C=O) groups is 1. The fourth-order valence-corrected chi connectivity index (χ4v) is 5.73. The molecule has 0 bridgehead atoms. The highest BCUT2D eigenvalue weighted by molar-refractivity contribution is 7.13. The average Bonchev–Trinajstić information content (AvgIpc) is 3.65. The van der Waals surface area contributed by atoms with E-state index in [9.17, 15) is 4.79 Å². The standard InChI is InChI=1S/C24H30N6O3S/c1-32-16-20-18(15-27-30(20)23-25-9-6-19(28-23)21-5-4-14-34-21)22(31)26-17-24(7-2-3-8-24)29-10-12-33-13-11-29/h4-6,9,14-15H,2-3,7-8,10-13,16-17H2,1H3,(H,26,31). The second kappa shape index (κ2) is 10.3. The first kappa shape index (κ1) is 23.1. The largest absolute Gasteiger partial charge is 0.379 e. The van der Waals surface area contributed by atoms with Crippen LogP contribution in [0.15, 0.2) is 36.0 Å². The van der Waals surface area contributed by atoms with Crippen LogP contribution < -0.4 is 5.32 Å². The summed E-state index contributed by atoms with van der Waals surface area (Å²) in [4.78, 5) is 26.0. The van der Waals surface area contributed by atoms with Gasteiger partial charge in [0.1, 0.15) is 0 Å². The maximum atomic E-state index is 13.3. The van der Waals surface area contributed by atoms with Gasteiger partial charge >= 0.3 is 0 Å². The van der Waals surface area contributed by atoms with E-state index in [-0.39, 0.29) is 18.1 Å². The van der Waals surface area contributed by atoms with Gasteiger partial charge in [-0.1, -0.05) is 18.9 Å². The Bertz CT molecular complexity index is 1100. The maximum Gasteiger partial charge on any atom is 0.254 e. The topological polar surface area (TPSA) is 94.4 Å². The van der Waals surface area contributed by atoms with E-state index in [1.54, 1.807) is 35.5 Å². The molecule has 9 nitrogen and oxygen atoms in total. The summed E-state index contributed by atoms with van der Waals surface area (Å²) >= 11 is 1.61. The van der Waals surface area contributed by atoms with Crippen LogP contribution in [0.2, 0.25) is 0 Å². The molecule has 0 radical (unpaired) electrons. The molecular weight excluding hydrogens is 452 g/mol. The van der Waals surface area contributed by atoms with E-state index in [0.717, 1.165) is 49.7 Å². The molecule has 10 heteroatoms. The molecule has 1 amide bonds. The Morgan fingerprint density at radius 2 is 2.09 bits per heavy atom. The molecule has 0 atom stereocenters. The molecule has 1 aliphatic heterocycles. The zero-order valence-corrected chi connectivity index (χ0v) is 20.2. The molecule has 3 aromatic heterocycles. The minimum Gasteiger partial charge on any atom is -0.379 e. The van der Waals surface area contributed by atoms with Gasteiger partial charge in [-0.05, 0) is 30.4 Å². The zero-order chi connectivity index (χ0) is 23.4. The van der Waals surface area contributed by atoms with Crippen LogP contribution in [0, 0.1) is 0 Å². The fraction of sp³-hybridized carbons (Fsp3) is 0.500. The van der Waals surface area contributed by atoms with Crippen molar-refractivity contribution in [1.82, 2.24) is 30.0 Å². The molecule has 1 saturated carbocycles. The van der Waals surface area contributed by atoms with Gasteiger partial charge in [-0.25, -0.2) is 9.97 Å². The number of rotatable bonds is 8. The van der Waals surface area contributed by atoms with Gasteiger partial charge in [0.2, 0.25) is 0 Å². The van der Waals surface area contributed by atoms with Crippen molar-refractivity contribution >= 4 is 17.2 Å². The molecule has 1 aliphatic carbocycles. The van der Waals surface area contributed by atoms with Crippen molar-refractivity contribution in [3.8, 4) is 16.5 Å². The van der Waals surface area contributed by atoms with Gasteiger partial charge in [-0.2, -0.15) is 9.78 Å². The van der Waals surface area contributed by atoms with Crippen LogP contribution >= 0.6 is 11.3 Å². The molecule has 0 aromatic carbocycles. The number of nitrogens with zero attached hydrogens (tertiary/aromatic N) is 5. The minimum atomic E-state index is -0.146. The lowest BCUT2D eigenvalue weighted by molar-refractivity contribution is -0.0199. The monoisotopic (exact) mass is 482 g/mol. The Labute approximate surface area is 203 Å². The van der Waals surface area contributed by atoms with E-state index in [0.29, 0.717) is 23.8 Å². The lowest BCUT2D eigenvalue weighted by Crippen LogP contribution is -2.57. The lowest BCUT2D eigenvalue weighted by Gasteiger charge is -2.43. The summed E-state index contributed by atoms with van der Waals surface area (Å²) in [6.07, 6.45) is 7.88. The van der Waals surface area contributed by atoms with E-state index >= 15 is 0 Å². The molecule has 3 aromatic rings. The van der Waals surface area contributed by atoms with Crippen LogP contribution in [0.4, 0.5) is 0 Å². The summed E-state index contributed by atoms with van der Waals surface area (Å²) in [5.74, 6) is 0.268. The Morgan fingerprint density at radius 3 is 2.82 bits per heavy atom. The third kappa shape index (κ3) is 4.63. The maximum absolute atomic E-state index is 13.3. The molecule has 1 N–H and O–H groups in total. The highest BCUT2D eigenvalue weighted by atomic mass is 32.1. The van der Waals surface area contributed by atoms with Crippen molar-refractivity contribution in [3.05, 3.63) is 47.2 Å². The van der Waals surface area contributed by atoms with Crippen LogP contribution in [0.25, 0.3) is 16.5 Å². The third-order valence-corrected chi connectivity index (χ3v) is 7.69. The molecule has 180 valence electrons. The van der Waals surface area contributed by atoms with Crippen molar-refractivity contribution in [2.45, 2.75) is 37.8 Å². The number of thiophene rings is 1. The van der Waals surface area contributed by atoms with Crippen LogP contribution in [-0.4, -0.2) is 76.1 Å². The van der Waals surface area contributed by atoms with Crippen molar-refractivity contribution < 1.29 is 14.3 Å². The smallest absolute Gasteiger partial charge is 0.254 e. The van der Waals surface area contributed by atoms with E-state index in [1.807, 2.05) is 23.6 Å². The van der Waals surface area contributed by atoms with Crippen molar-refractivity contribution in [2.24, 2.45) is 0 Å². The molecule has 2 fully saturated rings. The Balaban J connectivity index is 1.37. The number of carbonyl (C=O) groups excluding carboxylic acids is 1. The second-order valence-electron chi connectivity index (χ2n) is 8.78. The van der Waals surface area contributed by atoms with Gasteiger partial charge < -0.3 is 14.8 Å². The highest BCUT2D eigenvalue weighted by Gasteiger charge is 2.40. The summed E-state index contributed by atoms with van der Waals surface area (Å²) in [6, 6.07) is 5.87. The van der Waals surface area contributed by atoms with E-state index in [4.69, 9.17) is 9.47 Å². The summed E-state index contributed by atoms with van der Waals surface area (Å²) in [5.41, 5.74) is 1.95. The second-order valence-corrected chi connectivity index (χ2v) is 9.73. The van der Waals surface area contributed by atoms with Gasteiger partial charge in [-0.3, -0.25) is 9.69 Å². The normalized spacial score (nSPS) is 18.3. The predicted octanol–water partition coefficient (Wildman–Crippen LogP) is 2.91. The van der Waals surface area contributed by atoms with Crippen molar-refractivity contribution in [2.75, 3.05) is 40.0 Å². The van der Waals surface area contributed by atoms with Crippen molar-refractivity contribution in [3.63, 3.8) is 0 Å². The fourth-order valence-electron chi connectivity index (χ4n) is 5.04. The first-order chi connectivity index (χ1) is 16.7.